The first-order valence-electron chi connectivity index (χ1n) is 4.00. The van der Waals surface area contributed by atoms with Crippen LogP contribution in [0.25, 0.3) is 0 Å². The number of nitrogens with one attached hydrogen (secondary N) is 1. The van der Waals surface area contributed by atoms with Crippen LogP contribution in [0.5, 0.6) is 0 Å². The predicted octanol–water partition coefficient (Wildman–Crippen LogP) is -0.622. The maximum absolute atomic E-state index is 8.73. The van der Waals surface area contributed by atoms with Crippen LogP contribution in [0.2, 0.25) is 0 Å². The third-order valence-electron chi connectivity index (χ3n) is 1.76. The zero-order chi connectivity index (χ0) is 8.27. The van der Waals surface area contributed by atoms with E-state index in [-0.39, 0.29) is 25.1 Å². The van der Waals surface area contributed by atoms with E-state index in [1.165, 1.54) is 0 Å². The van der Waals surface area contributed by atoms with Crippen LogP contribution in [-0.4, -0.2) is 30.2 Å². The van der Waals surface area contributed by atoms with Crippen molar-refractivity contribution < 1.29 is 9.84 Å². The Balaban J connectivity index is 2.19. The van der Waals surface area contributed by atoms with Crippen LogP contribution in [0.1, 0.15) is 19.8 Å². The summed E-state index contributed by atoms with van der Waals surface area (Å²) in [6.45, 7) is 1.98. The van der Waals surface area contributed by atoms with Crippen molar-refractivity contribution in [2.24, 2.45) is 5.73 Å². The quantitative estimate of drug-likeness (QED) is 0.481. The summed E-state index contributed by atoms with van der Waals surface area (Å²) in [6.07, 6.45) is 1.85. The lowest BCUT2D eigenvalue weighted by atomic mass is 10.2. The van der Waals surface area contributed by atoms with Gasteiger partial charge in [-0.3, -0.25) is 5.32 Å². The average molecular weight is 160 g/mol. The predicted molar refractivity (Wildman–Crippen MR) is 41.8 cm³/mol. The number of aliphatic hydroxyl groups is 1. The molecule has 66 valence electrons. The summed E-state index contributed by atoms with van der Waals surface area (Å²) in [5.41, 5.74) is 5.51. The second kappa shape index (κ2) is 4.01. The van der Waals surface area contributed by atoms with Gasteiger partial charge in [0.25, 0.3) is 0 Å². The van der Waals surface area contributed by atoms with Gasteiger partial charge in [0.15, 0.2) is 0 Å². The first-order chi connectivity index (χ1) is 5.22. The van der Waals surface area contributed by atoms with Crippen molar-refractivity contribution in [2.75, 3.05) is 6.61 Å². The van der Waals surface area contributed by atoms with Crippen molar-refractivity contribution in [3.8, 4) is 0 Å². The van der Waals surface area contributed by atoms with Gasteiger partial charge in [-0.2, -0.15) is 0 Å². The van der Waals surface area contributed by atoms with E-state index < -0.39 is 0 Å². The minimum atomic E-state index is -0.0440. The highest BCUT2D eigenvalue weighted by Gasteiger charge is 2.24. The first kappa shape index (κ1) is 8.93. The highest BCUT2D eigenvalue weighted by molar-refractivity contribution is 4.72. The van der Waals surface area contributed by atoms with Crippen LogP contribution in [-0.2, 0) is 4.74 Å². The molecule has 1 heterocycles. The van der Waals surface area contributed by atoms with E-state index in [2.05, 4.69) is 5.32 Å². The fourth-order valence-corrected chi connectivity index (χ4v) is 1.26. The van der Waals surface area contributed by atoms with Crippen LogP contribution in [0.3, 0.4) is 0 Å². The molecule has 3 atom stereocenters. The van der Waals surface area contributed by atoms with Crippen LogP contribution < -0.4 is 11.1 Å². The lowest BCUT2D eigenvalue weighted by molar-refractivity contribution is -0.00681. The molecule has 0 spiro atoms. The topological polar surface area (TPSA) is 67.5 Å². The summed E-state index contributed by atoms with van der Waals surface area (Å²) >= 11 is 0. The fraction of sp³-hybridized carbons (Fsp3) is 1.00. The summed E-state index contributed by atoms with van der Waals surface area (Å²) in [6, 6.07) is 0. The first-order valence-corrected chi connectivity index (χ1v) is 4.00. The Hall–Kier alpha value is -0.160. The molecule has 11 heavy (non-hydrogen) atoms. The molecule has 1 fully saturated rings. The lowest BCUT2D eigenvalue weighted by Gasteiger charge is -2.16. The molecule has 0 aromatic heterocycles. The Morgan fingerprint density at radius 3 is 2.91 bits per heavy atom. The van der Waals surface area contributed by atoms with Crippen LogP contribution in [0.15, 0.2) is 0 Å². The van der Waals surface area contributed by atoms with E-state index in [4.69, 9.17) is 15.6 Å². The Labute approximate surface area is 66.7 Å². The standard InChI is InChI=1S/C7H16N2O2/c1-5(8)9-7-3-2-6(4-10)11-7/h5-7,9-10H,2-4,8H2,1H3/t5?,6-,7?/m0/s1. The van der Waals surface area contributed by atoms with Crippen LogP contribution in [0.4, 0.5) is 0 Å². The molecule has 0 saturated carbocycles. The van der Waals surface area contributed by atoms with E-state index in [9.17, 15) is 0 Å². The van der Waals surface area contributed by atoms with Gasteiger partial charge in [0, 0.05) is 0 Å². The van der Waals surface area contributed by atoms with Crippen molar-refractivity contribution in [3.63, 3.8) is 0 Å². The molecule has 0 amide bonds. The zero-order valence-corrected chi connectivity index (χ0v) is 6.79. The Bertz CT molecular complexity index is 119. The molecular formula is C7H16N2O2. The number of hydrogen-bond donors (Lipinski definition) is 3. The van der Waals surface area contributed by atoms with E-state index in [1.54, 1.807) is 0 Å². The molecule has 1 aliphatic rings. The van der Waals surface area contributed by atoms with Crippen LogP contribution in [0, 0.1) is 0 Å². The smallest absolute Gasteiger partial charge is 0.109 e. The summed E-state index contributed by atoms with van der Waals surface area (Å²) in [5.74, 6) is 0. The molecular weight excluding hydrogens is 144 g/mol. The number of aliphatic hydroxyl groups excluding tert-OH is 1. The number of rotatable bonds is 3. The highest BCUT2D eigenvalue weighted by atomic mass is 16.5. The second-order valence-corrected chi connectivity index (χ2v) is 2.96. The minimum Gasteiger partial charge on any atom is -0.394 e. The molecule has 4 N–H and O–H groups in total. The van der Waals surface area contributed by atoms with Gasteiger partial charge in [-0.15, -0.1) is 0 Å². The van der Waals surface area contributed by atoms with E-state index in [0.29, 0.717) is 0 Å². The van der Waals surface area contributed by atoms with Crippen molar-refractivity contribution in [1.82, 2.24) is 5.32 Å². The molecule has 0 radical (unpaired) electrons. The summed E-state index contributed by atoms with van der Waals surface area (Å²) in [4.78, 5) is 0. The van der Waals surface area contributed by atoms with Crippen molar-refractivity contribution in [3.05, 3.63) is 0 Å². The Morgan fingerprint density at radius 1 is 1.73 bits per heavy atom. The van der Waals surface area contributed by atoms with Crippen LogP contribution >= 0.6 is 0 Å². The summed E-state index contributed by atoms with van der Waals surface area (Å²) < 4.78 is 5.38. The summed E-state index contributed by atoms with van der Waals surface area (Å²) in [7, 11) is 0. The van der Waals surface area contributed by atoms with Gasteiger partial charge in [0.1, 0.15) is 6.23 Å². The molecule has 1 saturated heterocycles. The van der Waals surface area contributed by atoms with Gasteiger partial charge in [-0.1, -0.05) is 0 Å². The molecule has 4 nitrogen and oxygen atoms in total. The largest absolute Gasteiger partial charge is 0.394 e. The SMILES string of the molecule is CC(N)NC1CC[C@@H](CO)O1. The van der Waals surface area contributed by atoms with Crippen molar-refractivity contribution in [2.45, 2.75) is 38.3 Å². The Kier molecular flexibility index (Phi) is 3.26. The fourth-order valence-electron chi connectivity index (χ4n) is 1.26. The van der Waals surface area contributed by atoms with Crippen molar-refractivity contribution >= 4 is 0 Å². The van der Waals surface area contributed by atoms with Gasteiger partial charge in [-0.05, 0) is 19.8 Å². The molecule has 2 unspecified atom stereocenters. The molecule has 0 aromatic rings. The number of nitrogens with two attached hydrogens (primary N) is 1. The maximum Gasteiger partial charge on any atom is 0.109 e. The second-order valence-electron chi connectivity index (χ2n) is 2.96. The molecule has 0 aliphatic carbocycles. The summed E-state index contributed by atoms with van der Waals surface area (Å²) in [5, 5.41) is 11.8. The molecule has 0 bridgehead atoms. The average Bonchev–Trinajstić information content (AvgIpc) is 2.34. The highest BCUT2D eigenvalue weighted by Crippen LogP contribution is 2.16. The van der Waals surface area contributed by atoms with Gasteiger partial charge < -0.3 is 15.6 Å². The van der Waals surface area contributed by atoms with E-state index >= 15 is 0 Å². The number of hydrogen-bond acceptors (Lipinski definition) is 4. The van der Waals surface area contributed by atoms with Gasteiger partial charge >= 0.3 is 0 Å². The third kappa shape index (κ3) is 2.75. The molecule has 4 heteroatoms. The van der Waals surface area contributed by atoms with Gasteiger partial charge in [0.2, 0.25) is 0 Å². The molecule has 1 aliphatic heterocycles. The van der Waals surface area contributed by atoms with E-state index in [1.807, 2.05) is 6.92 Å². The lowest BCUT2D eigenvalue weighted by Crippen LogP contribution is -2.42. The van der Waals surface area contributed by atoms with Gasteiger partial charge in [-0.25, -0.2) is 0 Å². The van der Waals surface area contributed by atoms with E-state index in [0.717, 1.165) is 12.8 Å². The van der Waals surface area contributed by atoms with Crippen molar-refractivity contribution in [1.29, 1.82) is 0 Å². The zero-order valence-electron chi connectivity index (χ0n) is 6.79. The molecule has 0 aromatic carbocycles. The van der Waals surface area contributed by atoms with Gasteiger partial charge in [0.05, 0.1) is 18.9 Å². The normalized spacial score (nSPS) is 34.1. The third-order valence-corrected chi connectivity index (χ3v) is 1.76. The monoisotopic (exact) mass is 160 g/mol. The minimum absolute atomic E-state index is 0.00579. The number of ether oxygens (including phenoxy) is 1. The molecule has 1 rings (SSSR count). The maximum atomic E-state index is 8.73. The Morgan fingerprint density at radius 2 is 2.45 bits per heavy atom.